The van der Waals surface area contributed by atoms with Crippen molar-refractivity contribution < 1.29 is 17.5 Å². The van der Waals surface area contributed by atoms with Crippen LogP contribution in [0.2, 0.25) is 0 Å². The van der Waals surface area contributed by atoms with Crippen LogP contribution in [0.1, 0.15) is 25.8 Å². The van der Waals surface area contributed by atoms with Crippen molar-refractivity contribution in [3.05, 3.63) is 36.4 Å². The first-order valence-electron chi connectivity index (χ1n) is 7.80. The molecular formula is C15H19FN4O3S. The zero-order chi connectivity index (χ0) is 17.2. The lowest BCUT2D eigenvalue weighted by molar-refractivity contribution is 0.258. The van der Waals surface area contributed by atoms with E-state index in [0.29, 0.717) is 32.5 Å². The summed E-state index contributed by atoms with van der Waals surface area (Å²) < 4.78 is 47.6. The third-order valence-electron chi connectivity index (χ3n) is 4.08. The van der Waals surface area contributed by atoms with E-state index >= 15 is 0 Å². The molecule has 1 saturated heterocycles. The van der Waals surface area contributed by atoms with Crippen LogP contribution in [0.5, 0.6) is 5.75 Å². The predicted molar refractivity (Wildman–Crippen MR) is 84.6 cm³/mol. The van der Waals surface area contributed by atoms with E-state index in [0.717, 1.165) is 6.07 Å². The normalized spacial score (nSPS) is 17.1. The molecular weight excluding hydrogens is 335 g/mol. The van der Waals surface area contributed by atoms with E-state index in [1.807, 2.05) is 0 Å². The highest BCUT2D eigenvalue weighted by Crippen LogP contribution is 2.28. The Kier molecular flexibility index (Phi) is 4.81. The van der Waals surface area contributed by atoms with Gasteiger partial charge in [-0.15, -0.1) is 5.10 Å². The minimum absolute atomic E-state index is 0.0531. The third-order valence-corrected chi connectivity index (χ3v) is 5.97. The number of benzene rings is 1. The number of aromatic nitrogens is 3. The molecule has 0 aliphatic carbocycles. The Labute approximate surface area is 140 Å². The van der Waals surface area contributed by atoms with Gasteiger partial charge in [0, 0.05) is 19.3 Å². The number of halogens is 1. The summed E-state index contributed by atoms with van der Waals surface area (Å²) >= 11 is 0. The maximum Gasteiger partial charge on any atom is 0.243 e. The molecule has 2 heterocycles. The van der Waals surface area contributed by atoms with E-state index < -0.39 is 15.8 Å². The minimum Gasteiger partial charge on any atom is -0.491 e. The minimum atomic E-state index is -3.72. The average Bonchev–Trinajstić information content (AvgIpc) is 3.11. The van der Waals surface area contributed by atoms with E-state index in [4.69, 9.17) is 4.74 Å². The first kappa shape index (κ1) is 16.8. The van der Waals surface area contributed by atoms with Crippen LogP contribution in [0.25, 0.3) is 0 Å². The molecule has 2 aromatic rings. The molecule has 0 radical (unpaired) electrons. The Morgan fingerprint density at radius 1 is 1.33 bits per heavy atom. The molecule has 0 N–H and O–H groups in total. The smallest absolute Gasteiger partial charge is 0.243 e. The Morgan fingerprint density at radius 2 is 2.08 bits per heavy atom. The second-order valence-corrected chi connectivity index (χ2v) is 7.48. The molecule has 9 heteroatoms. The van der Waals surface area contributed by atoms with E-state index in [2.05, 4.69) is 10.3 Å². The molecule has 1 aliphatic heterocycles. The molecule has 1 aromatic carbocycles. The Hall–Kier alpha value is -2.00. The molecule has 130 valence electrons. The van der Waals surface area contributed by atoms with E-state index in [1.165, 1.54) is 16.4 Å². The van der Waals surface area contributed by atoms with Crippen molar-refractivity contribution in [1.82, 2.24) is 19.3 Å². The van der Waals surface area contributed by atoms with Gasteiger partial charge in [-0.3, -0.25) is 0 Å². The van der Waals surface area contributed by atoms with Gasteiger partial charge in [-0.05, 0) is 38.0 Å². The summed E-state index contributed by atoms with van der Waals surface area (Å²) in [5.74, 6) is -0.614. The van der Waals surface area contributed by atoms with Gasteiger partial charge in [0.2, 0.25) is 10.0 Å². The summed E-state index contributed by atoms with van der Waals surface area (Å²) in [7, 11) is -3.72. The quantitative estimate of drug-likeness (QED) is 0.819. The lowest BCUT2D eigenvalue weighted by atomic mass is 10.1. The van der Waals surface area contributed by atoms with Crippen LogP contribution < -0.4 is 4.74 Å². The second-order valence-electron chi connectivity index (χ2n) is 5.54. The first-order chi connectivity index (χ1) is 11.5. The molecule has 24 heavy (non-hydrogen) atoms. The number of nitrogens with zero attached hydrogens (tertiary/aromatic N) is 4. The zero-order valence-corrected chi connectivity index (χ0v) is 14.1. The lowest BCUT2D eigenvalue weighted by Crippen LogP contribution is -2.39. The number of ether oxygens (including phenoxy) is 1. The maximum atomic E-state index is 14.0. The average molecular weight is 354 g/mol. The molecule has 1 fully saturated rings. The van der Waals surface area contributed by atoms with Crippen molar-refractivity contribution in [3.8, 4) is 5.75 Å². The molecule has 1 aromatic heterocycles. The number of rotatable bonds is 5. The van der Waals surface area contributed by atoms with Gasteiger partial charge in [0.15, 0.2) is 11.6 Å². The largest absolute Gasteiger partial charge is 0.491 e. The van der Waals surface area contributed by atoms with Gasteiger partial charge in [0.25, 0.3) is 0 Å². The van der Waals surface area contributed by atoms with Crippen molar-refractivity contribution in [2.45, 2.75) is 30.7 Å². The van der Waals surface area contributed by atoms with Crippen LogP contribution in [-0.2, 0) is 10.0 Å². The molecule has 0 unspecified atom stereocenters. The van der Waals surface area contributed by atoms with Crippen LogP contribution >= 0.6 is 0 Å². The van der Waals surface area contributed by atoms with Crippen molar-refractivity contribution in [3.63, 3.8) is 0 Å². The predicted octanol–water partition coefficient (Wildman–Crippen LogP) is 1.84. The molecule has 0 saturated carbocycles. The lowest BCUT2D eigenvalue weighted by Gasteiger charge is -2.31. The van der Waals surface area contributed by atoms with Gasteiger partial charge >= 0.3 is 0 Å². The summed E-state index contributed by atoms with van der Waals surface area (Å²) in [5, 5.41) is 7.73. The molecule has 0 atom stereocenters. The zero-order valence-electron chi connectivity index (χ0n) is 13.3. The van der Waals surface area contributed by atoms with Crippen LogP contribution in [0, 0.1) is 5.82 Å². The monoisotopic (exact) mass is 354 g/mol. The topological polar surface area (TPSA) is 77.3 Å². The van der Waals surface area contributed by atoms with Gasteiger partial charge in [0.1, 0.15) is 0 Å². The molecule has 0 bridgehead atoms. The summed E-state index contributed by atoms with van der Waals surface area (Å²) in [6, 6.07) is 3.89. The molecule has 0 amide bonds. The molecule has 7 nitrogen and oxygen atoms in total. The van der Waals surface area contributed by atoms with Crippen molar-refractivity contribution in [2.24, 2.45) is 0 Å². The third kappa shape index (κ3) is 3.27. The Morgan fingerprint density at radius 3 is 2.67 bits per heavy atom. The van der Waals surface area contributed by atoms with Crippen molar-refractivity contribution in [2.75, 3.05) is 19.7 Å². The van der Waals surface area contributed by atoms with Gasteiger partial charge < -0.3 is 4.74 Å². The first-order valence-corrected chi connectivity index (χ1v) is 9.24. The maximum absolute atomic E-state index is 14.0. The van der Waals surface area contributed by atoms with Gasteiger partial charge in [-0.1, -0.05) is 5.21 Å². The summed E-state index contributed by atoms with van der Waals surface area (Å²) in [4.78, 5) is -0.0531. The number of hydrogen-bond acceptors (Lipinski definition) is 5. The van der Waals surface area contributed by atoms with Gasteiger partial charge in [-0.25, -0.2) is 17.5 Å². The van der Waals surface area contributed by atoms with Crippen molar-refractivity contribution >= 4 is 10.0 Å². The number of sulfonamides is 1. The fourth-order valence-electron chi connectivity index (χ4n) is 2.82. The van der Waals surface area contributed by atoms with Crippen molar-refractivity contribution in [1.29, 1.82) is 0 Å². The summed E-state index contributed by atoms with van der Waals surface area (Å²) in [5.41, 5.74) is 0. The number of hydrogen-bond donors (Lipinski definition) is 0. The van der Waals surface area contributed by atoms with Gasteiger partial charge in [0.05, 0.1) is 23.7 Å². The fraction of sp³-hybridized carbons (Fsp3) is 0.467. The highest BCUT2D eigenvalue weighted by molar-refractivity contribution is 7.89. The Bertz CT molecular complexity index is 787. The molecule has 1 aliphatic rings. The second kappa shape index (κ2) is 6.86. The van der Waals surface area contributed by atoms with E-state index in [9.17, 15) is 12.8 Å². The standard InChI is InChI=1S/C15H19FN4O3S/c1-2-23-15-4-3-13(11-14(15)16)24(21,22)19-8-5-12(6-9-19)20-10-7-17-18-20/h3-4,7,10-12H,2,5-6,8-9H2,1H3. The Balaban J connectivity index is 1.73. The fourth-order valence-corrected chi connectivity index (χ4v) is 4.30. The van der Waals surface area contributed by atoms with Crippen LogP contribution in [0.4, 0.5) is 4.39 Å². The van der Waals surface area contributed by atoms with E-state index in [-0.39, 0.29) is 16.7 Å². The van der Waals surface area contributed by atoms with Gasteiger partial charge in [-0.2, -0.15) is 4.31 Å². The molecule has 3 rings (SSSR count). The SMILES string of the molecule is CCOc1ccc(S(=O)(=O)N2CCC(n3ccnn3)CC2)cc1F. The summed E-state index contributed by atoms with van der Waals surface area (Å²) in [6.45, 7) is 2.78. The highest BCUT2D eigenvalue weighted by atomic mass is 32.2. The van der Waals surface area contributed by atoms with Crippen LogP contribution in [0.15, 0.2) is 35.5 Å². The molecule has 0 spiro atoms. The van der Waals surface area contributed by atoms with E-state index in [1.54, 1.807) is 24.0 Å². The number of piperidine rings is 1. The summed E-state index contributed by atoms with van der Waals surface area (Å²) in [6.07, 6.45) is 4.66. The highest BCUT2D eigenvalue weighted by Gasteiger charge is 2.30. The van der Waals surface area contributed by atoms with Crippen LogP contribution in [0.3, 0.4) is 0 Å². The van der Waals surface area contributed by atoms with Crippen LogP contribution in [-0.4, -0.2) is 47.4 Å².